The minimum Gasteiger partial charge on any atom is -0.497 e. The largest absolute Gasteiger partial charge is 0.497 e. The number of aromatic nitrogens is 3. The molecule has 0 spiro atoms. The van der Waals surface area contributed by atoms with Crippen molar-refractivity contribution in [3.63, 3.8) is 0 Å². The first kappa shape index (κ1) is 16.2. The molecule has 0 atom stereocenters. The zero-order chi connectivity index (χ0) is 18.2. The smallest absolute Gasteiger partial charge is 0.258 e. The lowest BCUT2D eigenvalue weighted by Crippen LogP contribution is -1.85. The van der Waals surface area contributed by atoms with Gasteiger partial charge < -0.3 is 9.26 Å². The van der Waals surface area contributed by atoms with Crippen LogP contribution in [0.15, 0.2) is 58.4 Å². The van der Waals surface area contributed by atoms with Gasteiger partial charge in [-0.25, -0.2) is 4.98 Å². The first-order valence-corrected chi connectivity index (χ1v) is 9.72. The van der Waals surface area contributed by atoms with Crippen LogP contribution in [-0.4, -0.2) is 22.2 Å². The molecule has 0 radical (unpaired) electrons. The van der Waals surface area contributed by atoms with E-state index in [1.54, 1.807) is 18.4 Å². The summed E-state index contributed by atoms with van der Waals surface area (Å²) < 4.78 is 10.7. The van der Waals surface area contributed by atoms with E-state index in [-0.39, 0.29) is 0 Å². The molecule has 6 heteroatoms. The van der Waals surface area contributed by atoms with Gasteiger partial charge >= 0.3 is 0 Å². The molecule has 2 aromatic carbocycles. The second-order valence-corrected chi connectivity index (χ2v) is 7.47. The molecule has 134 valence electrons. The van der Waals surface area contributed by atoms with Gasteiger partial charge in [0, 0.05) is 28.0 Å². The molecular formula is C21H17N3O2S. The van der Waals surface area contributed by atoms with Crippen LogP contribution in [0.3, 0.4) is 0 Å². The molecule has 1 aliphatic carbocycles. The average molecular weight is 375 g/mol. The van der Waals surface area contributed by atoms with E-state index in [4.69, 9.17) is 14.2 Å². The molecule has 0 unspecified atom stereocenters. The van der Waals surface area contributed by atoms with E-state index < -0.39 is 0 Å². The van der Waals surface area contributed by atoms with E-state index in [0.717, 1.165) is 28.1 Å². The van der Waals surface area contributed by atoms with Crippen molar-refractivity contribution in [2.75, 3.05) is 7.11 Å². The molecule has 5 rings (SSSR count). The van der Waals surface area contributed by atoms with Gasteiger partial charge in [0.05, 0.1) is 17.8 Å². The Bertz CT molecular complexity index is 1080. The maximum absolute atomic E-state index is 5.43. The number of hydrogen-bond acceptors (Lipinski definition) is 6. The Balaban J connectivity index is 1.39. The number of methoxy groups -OCH3 is 1. The fourth-order valence-electron chi connectivity index (χ4n) is 2.94. The van der Waals surface area contributed by atoms with Crippen LogP contribution in [-0.2, 0) is 0 Å². The van der Waals surface area contributed by atoms with Crippen LogP contribution in [0.25, 0.3) is 34.1 Å². The fraction of sp³-hybridized carbons (Fsp3) is 0.190. The maximum atomic E-state index is 5.43. The van der Waals surface area contributed by atoms with Gasteiger partial charge in [0.1, 0.15) is 5.75 Å². The second-order valence-electron chi connectivity index (χ2n) is 6.58. The molecule has 0 bridgehead atoms. The van der Waals surface area contributed by atoms with Gasteiger partial charge in [0.25, 0.3) is 5.89 Å². The lowest BCUT2D eigenvalue weighted by molar-refractivity contribution is 0.413. The summed E-state index contributed by atoms with van der Waals surface area (Å²) in [5.74, 6) is 2.49. The van der Waals surface area contributed by atoms with Gasteiger partial charge in [-0.3, -0.25) is 0 Å². The quantitative estimate of drug-likeness (QED) is 0.466. The van der Waals surface area contributed by atoms with Crippen LogP contribution in [0.4, 0.5) is 0 Å². The summed E-state index contributed by atoms with van der Waals surface area (Å²) in [7, 11) is 1.63. The van der Waals surface area contributed by atoms with Crippen LogP contribution in [0.1, 0.15) is 23.8 Å². The highest BCUT2D eigenvalue weighted by Crippen LogP contribution is 2.42. The van der Waals surface area contributed by atoms with E-state index in [9.17, 15) is 0 Å². The van der Waals surface area contributed by atoms with E-state index >= 15 is 0 Å². The molecule has 27 heavy (non-hydrogen) atoms. The standard InChI is InChI=1S/C21H17N3O2S/c1-25-17-4-2-3-16(11-17)20-23-19(24-26-20)14-7-5-13(6-8-14)18-12-27-21(22-18)15-9-10-15/h2-8,11-12,15H,9-10H2,1H3. The van der Waals surface area contributed by atoms with Crippen LogP contribution >= 0.6 is 11.3 Å². The highest BCUT2D eigenvalue weighted by atomic mass is 32.1. The summed E-state index contributed by atoms with van der Waals surface area (Å²) in [6.07, 6.45) is 2.55. The molecule has 1 saturated carbocycles. The number of rotatable bonds is 5. The zero-order valence-corrected chi connectivity index (χ0v) is 15.6. The third-order valence-corrected chi connectivity index (χ3v) is 5.64. The Morgan fingerprint density at radius 2 is 1.81 bits per heavy atom. The van der Waals surface area contributed by atoms with Crippen LogP contribution in [0.5, 0.6) is 5.75 Å². The summed E-state index contributed by atoms with van der Waals surface area (Å²) in [4.78, 5) is 9.28. The molecule has 1 aliphatic rings. The molecule has 0 N–H and O–H groups in total. The number of ether oxygens (including phenoxy) is 1. The third kappa shape index (κ3) is 3.24. The Hall–Kier alpha value is -2.99. The van der Waals surface area contributed by atoms with E-state index in [0.29, 0.717) is 17.6 Å². The van der Waals surface area contributed by atoms with Gasteiger partial charge in [-0.2, -0.15) is 4.98 Å². The molecule has 2 heterocycles. The SMILES string of the molecule is COc1cccc(-c2nc(-c3ccc(-c4csc(C5CC5)n4)cc3)no2)c1. The van der Waals surface area contributed by atoms with Gasteiger partial charge in [-0.15, -0.1) is 11.3 Å². The summed E-state index contributed by atoms with van der Waals surface area (Å²) >= 11 is 1.76. The number of benzene rings is 2. The lowest BCUT2D eigenvalue weighted by atomic mass is 10.1. The molecule has 0 aliphatic heterocycles. The Kier molecular flexibility index (Phi) is 3.98. The van der Waals surface area contributed by atoms with Crippen molar-refractivity contribution in [2.45, 2.75) is 18.8 Å². The predicted octanol–water partition coefficient (Wildman–Crippen LogP) is 5.41. The molecule has 0 amide bonds. The summed E-state index contributed by atoms with van der Waals surface area (Å²) in [5.41, 5.74) is 3.89. The normalized spacial score (nSPS) is 13.7. The van der Waals surface area contributed by atoms with Gasteiger partial charge in [-0.05, 0) is 31.0 Å². The Morgan fingerprint density at radius 1 is 1.00 bits per heavy atom. The average Bonchev–Trinajstić information content (AvgIpc) is 3.25. The van der Waals surface area contributed by atoms with Crippen LogP contribution < -0.4 is 4.74 Å². The molecule has 0 saturated heterocycles. The maximum Gasteiger partial charge on any atom is 0.258 e. The van der Waals surface area contributed by atoms with Gasteiger partial charge in [-0.1, -0.05) is 35.5 Å². The van der Waals surface area contributed by atoms with Crippen molar-refractivity contribution < 1.29 is 9.26 Å². The van der Waals surface area contributed by atoms with Crippen molar-refractivity contribution in [3.05, 3.63) is 58.9 Å². The lowest BCUT2D eigenvalue weighted by Gasteiger charge is -2.00. The number of hydrogen-bond donors (Lipinski definition) is 0. The van der Waals surface area contributed by atoms with Crippen molar-refractivity contribution >= 4 is 11.3 Å². The van der Waals surface area contributed by atoms with Crippen molar-refractivity contribution in [3.8, 4) is 39.8 Å². The summed E-state index contributed by atoms with van der Waals surface area (Å²) in [6.45, 7) is 0. The number of nitrogens with zero attached hydrogens (tertiary/aromatic N) is 3. The molecule has 1 fully saturated rings. The van der Waals surface area contributed by atoms with Crippen molar-refractivity contribution in [2.24, 2.45) is 0 Å². The Morgan fingerprint density at radius 3 is 2.59 bits per heavy atom. The van der Waals surface area contributed by atoms with Crippen LogP contribution in [0, 0.1) is 0 Å². The van der Waals surface area contributed by atoms with Gasteiger partial charge in [0.15, 0.2) is 0 Å². The monoisotopic (exact) mass is 375 g/mol. The predicted molar refractivity (Wildman–Crippen MR) is 105 cm³/mol. The highest BCUT2D eigenvalue weighted by molar-refractivity contribution is 7.10. The minimum absolute atomic E-state index is 0.474. The Labute approximate surface area is 160 Å². The van der Waals surface area contributed by atoms with Crippen molar-refractivity contribution in [1.29, 1.82) is 0 Å². The first-order valence-electron chi connectivity index (χ1n) is 8.84. The highest BCUT2D eigenvalue weighted by Gasteiger charge is 2.26. The first-order chi connectivity index (χ1) is 13.3. The van der Waals surface area contributed by atoms with E-state index in [2.05, 4.69) is 27.7 Å². The summed E-state index contributed by atoms with van der Waals surface area (Å²) in [5, 5.41) is 7.51. The molecule has 2 aromatic heterocycles. The fourth-order valence-corrected chi connectivity index (χ4v) is 3.94. The zero-order valence-electron chi connectivity index (χ0n) is 14.8. The molecule has 4 aromatic rings. The number of thiazole rings is 1. The molecular weight excluding hydrogens is 358 g/mol. The topological polar surface area (TPSA) is 61.0 Å². The van der Waals surface area contributed by atoms with E-state index in [1.807, 2.05) is 36.4 Å². The summed E-state index contributed by atoms with van der Waals surface area (Å²) in [6, 6.07) is 15.7. The third-order valence-electron chi connectivity index (χ3n) is 4.63. The second kappa shape index (κ2) is 6.63. The van der Waals surface area contributed by atoms with E-state index in [1.165, 1.54) is 17.8 Å². The van der Waals surface area contributed by atoms with Crippen LogP contribution in [0.2, 0.25) is 0 Å². The molecule has 5 nitrogen and oxygen atoms in total. The van der Waals surface area contributed by atoms with Crippen molar-refractivity contribution in [1.82, 2.24) is 15.1 Å². The van der Waals surface area contributed by atoms with Gasteiger partial charge in [0.2, 0.25) is 5.82 Å². The minimum atomic E-state index is 0.474.